The van der Waals surface area contributed by atoms with Gasteiger partial charge in [0.25, 0.3) is 0 Å². The summed E-state index contributed by atoms with van der Waals surface area (Å²) in [5.74, 6) is 0. The van der Waals surface area contributed by atoms with Crippen LogP contribution in [0.4, 0.5) is 17.1 Å². The molecule has 0 unspecified atom stereocenters. The fraction of sp³-hybridized carbons (Fsp3) is 0.0690. The van der Waals surface area contributed by atoms with Crippen LogP contribution in [0, 0.1) is 6.67 Å². The maximum absolute atomic E-state index is 4.60. The van der Waals surface area contributed by atoms with Crippen LogP contribution in [0.2, 0.25) is 0 Å². The Hall–Kier alpha value is -3.44. The molecule has 4 nitrogen and oxygen atoms in total. The van der Waals surface area contributed by atoms with Gasteiger partial charge in [-0.25, -0.2) is 0 Å². The third kappa shape index (κ3) is 5.05. The number of nitrogens with zero attached hydrogens (tertiary/aromatic N) is 4. The fourth-order valence-corrected chi connectivity index (χ4v) is 3.90. The van der Waals surface area contributed by atoms with E-state index in [0.717, 1.165) is 11.0 Å². The van der Waals surface area contributed by atoms with Crippen LogP contribution in [0.5, 0.6) is 0 Å². The Morgan fingerprint density at radius 2 is 1.15 bits per heavy atom. The van der Waals surface area contributed by atoms with Crippen molar-refractivity contribution in [3.63, 3.8) is 0 Å². The molecule has 175 valence electrons. The molecule has 2 heterocycles. The second kappa shape index (κ2) is 10.7. The minimum atomic E-state index is 0. The van der Waals surface area contributed by atoms with Crippen molar-refractivity contribution in [2.24, 2.45) is 0 Å². The summed E-state index contributed by atoms with van der Waals surface area (Å²) in [6.45, 7) is 2.07. The molecule has 0 bridgehead atoms. The Morgan fingerprint density at radius 3 is 1.74 bits per heavy atom. The molecule has 34 heavy (non-hydrogen) atoms. The second-order valence-corrected chi connectivity index (χ2v) is 8.12. The van der Waals surface area contributed by atoms with Gasteiger partial charge in [-0.1, -0.05) is 66.7 Å². The SMILES string of the molecule is C1=CN(c2ccccc2)[CH-]N1c1ccccc1.CN(C)c1ccc2[n-]c3ccccc3c2c1.[Au]. The van der Waals surface area contributed by atoms with Gasteiger partial charge in [-0.2, -0.15) is 0 Å². The number of hydrogen-bond donors (Lipinski definition) is 0. The number of hydrogen-bond acceptors (Lipinski definition) is 3. The van der Waals surface area contributed by atoms with Crippen molar-refractivity contribution in [3.8, 4) is 0 Å². The van der Waals surface area contributed by atoms with Crippen molar-refractivity contribution < 1.29 is 22.4 Å². The van der Waals surface area contributed by atoms with E-state index in [2.05, 4.69) is 114 Å². The van der Waals surface area contributed by atoms with Gasteiger partial charge in [0.15, 0.2) is 0 Å². The van der Waals surface area contributed by atoms with E-state index in [1.807, 2.05) is 42.5 Å². The molecule has 1 aliphatic rings. The summed E-state index contributed by atoms with van der Waals surface area (Å²) in [5.41, 5.74) is 5.70. The Bertz CT molecular complexity index is 1330. The summed E-state index contributed by atoms with van der Waals surface area (Å²) in [4.78, 5) is 10.9. The molecule has 0 atom stereocenters. The molecular formula is C29H26AuN4-2. The van der Waals surface area contributed by atoms with Crippen LogP contribution >= 0.6 is 0 Å². The van der Waals surface area contributed by atoms with Crippen molar-refractivity contribution in [2.45, 2.75) is 0 Å². The van der Waals surface area contributed by atoms with Gasteiger partial charge in [-0.3, -0.25) is 0 Å². The predicted octanol–water partition coefficient (Wildman–Crippen LogP) is 6.62. The predicted molar refractivity (Wildman–Crippen MR) is 140 cm³/mol. The molecule has 0 aliphatic carbocycles. The van der Waals surface area contributed by atoms with Crippen LogP contribution in [-0.4, -0.2) is 14.1 Å². The van der Waals surface area contributed by atoms with Crippen LogP contribution in [0.1, 0.15) is 0 Å². The summed E-state index contributed by atoms with van der Waals surface area (Å²) in [5, 5.41) is 2.48. The largest absolute Gasteiger partial charge is 0.657 e. The summed E-state index contributed by atoms with van der Waals surface area (Å²) in [7, 11) is 4.11. The van der Waals surface area contributed by atoms with E-state index >= 15 is 0 Å². The maximum atomic E-state index is 4.60. The van der Waals surface area contributed by atoms with Gasteiger partial charge in [-0.05, 0) is 59.6 Å². The first-order valence-electron chi connectivity index (χ1n) is 11.0. The van der Waals surface area contributed by atoms with Gasteiger partial charge in [0, 0.05) is 53.5 Å². The third-order valence-electron chi connectivity index (χ3n) is 5.68. The first-order valence-corrected chi connectivity index (χ1v) is 11.0. The van der Waals surface area contributed by atoms with Gasteiger partial charge in [0.1, 0.15) is 0 Å². The Balaban J connectivity index is 0.000000157. The van der Waals surface area contributed by atoms with Gasteiger partial charge in [0.2, 0.25) is 0 Å². The van der Waals surface area contributed by atoms with Crippen molar-refractivity contribution in [3.05, 3.63) is 122 Å². The summed E-state index contributed by atoms with van der Waals surface area (Å²) in [6.07, 6.45) is 4.12. The van der Waals surface area contributed by atoms with Crippen LogP contribution in [0.3, 0.4) is 0 Å². The summed E-state index contributed by atoms with van der Waals surface area (Å²) >= 11 is 0. The first kappa shape index (κ1) is 23.7. The van der Waals surface area contributed by atoms with E-state index in [1.54, 1.807) is 0 Å². The van der Waals surface area contributed by atoms with Gasteiger partial charge < -0.3 is 19.7 Å². The van der Waals surface area contributed by atoms with Crippen molar-refractivity contribution in [2.75, 3.05) is 28.8 Å². The maximum Gasteiger partial charge on any atom is 0.0366 e. The topological polar surface area (TPSA) is 23.8 Å². The van der Waals surface area contributed by atoms with Crippen LogP contribution in [-0.2, 0) is 22.4 Å². The Labute approximate surface area is 216 Å². The minimum Gasteiger partial charge on any atom is -0.657 e. The summed E-state index contributed by atoms with van der Waals surface area (Å²) in [6, 6.07) is 35.3. The molecule has 0 saturated carbocycles. The van der Waals surface area contributed by atoms with Gasteiger partial charge in [-0.15, -0.1) is 17.7 Å². The molecule has 0 spiro atoms. The molecule has 5 aromatic rings. The van der Waals surface area contributed by atoms with E-state index in [4.69, 9.17) is 0 Å². The van der Waals surface area contributed by atoms with E-state index < -0.39 is 0 Å². The van der Waals surface area contributed by atoms with Crippen molar-refractivity contribution in [1.29, 1.82) is 0 Å². The molecule has 0 fully saturated rings. The molecule has 1 radical (unpaired) electrons. The normalized spacial score (nSPS) is 12.4. The smallest absolute Gasteiger partial charge is 0.0366 e. The zero-order valence-electron chi connectivity index (χ0n) is 19.1. The molecule has 5 heteroatoms. The van der Waals surface area contributed by atoms with E-state index in [-0.39, 0.29) is 22.4 Å². The average molecular weight is 628 g/mol. The number of fused-ring (bicyclic) bond motifs is 3. The molecule has 0 N–H and O–H groups in total. The second-order valence-electron chi connectivity index (χ2n) is 8.12. The van der Waals surface area contributed by atoms with E-state index in [0.29, 0.717) is 0 Å². The molecule has 4 aromatic carbocycles. The Kier molecular flexibility index (Phi) is 7.43. The minimum absolute atomic E-state index is 0. The molecule has 1 aliphatic heterocycles. The van der Waals surface area contributed by atoms with Gasteiger partial charge in [0.05, 0.1) is 0 Å². The number of anilines is 3. The Morgan fingerprint density at radius 1 is 0.618 bits per heavy atom. The fourth-order valence-electron chi connectivity index (χ4n) is 3.90. The standard InChI is InChI=1S/C15H13N2.C14H13N2.Au/c1-3-7-14(8-4-1)16-11-12-17(13-16)15-9-5-2-6-10-15;1-16(2)10-7-8-14-12(9-10)11-5-3-4-6-13(11)15-14;/h1-13H;3-9H,1-2H3;/q2*-1;. The zero-order valence-corrected chi connectivity index (χ0v) is 21.3. The number of aromatic nitrogens is 1. The third-order valence-corrected chi connectivity index (χ3v) is 5.68. The number of rotatable bonds is 3. The molecule has 1 aromatic heterocycles. The average Bonchev–Trinajstić information content (AvgIpc) is 3.50. The molecule has 6 rings (SSSR count). The molecule has 0 amide bonds. The summed E-state index contributed by atoms with van der Waals surface area (Å²) < 4.78 is 0. The van der Waals surface area contributed by atoms with Crippen LogP contribution in [0.15, 0.2) is 116 Å². The van der Waals surface area contributed by atoms with Crippen LogP contribution in [0.25, 0.3) is 21.8 Å². The first-order chi connectivity index (χ1) is 16.2. The van der Waals surface area contributed by atoms with Gasteiger partial charge >= 0.3 is 0 Å². The van der Waals surface area contributed by atoms with E-state index in [9.17, 15) is 0 Å². The van der Waals surface area contributed by atoms with Crippen molar-refractivity contribution in [1.82, 2.24) is 4.98 Å². The molecular weight excluding hydrogens is 601 g/mol. The van der Waals surface area contributed by atoms with E-state index in [1.165, 1.54) is 27.8 Å². The number of para-hydroxylation sites is 3. The quantitative estimate of drug-likeness (QED) is 0.166. The monoisotopic (exact) mass is 627 g/mol. The zero-order chi connectivity index (χ0) is 22.6. The van der Waals surface area contributed by atoms with Crippen LogP contribution < -0.4 is 19.7 Å². The van der Waals surface area contributed by atoms with Crippen molar-refractivity contribution >= 4 is 38.9 Å². The molecule has 0 saturated heterocycles. The number of benzene rings is 4.